The molecule has 2 heterocycles. The molecule has 1 saturated heterocycles. The Morgan fingerprint density at radius 3 is 2.94 bits per heavy atom. The Kier molecular flexibility index (Phi) is 3.61. The number of carbonyl (C=O) groups is 1. The van der Waals surface area contributed by atoms with Crippen LogP contribution < -0.4 is 10.2 Å². The fourth-order valence-corrected chi connectivity index (χ4v) is 3.01. The normalized spacial score (nSPS) is 20.8. The molecule has 0 bridgehead atoms. The molecule has 1 aromatic rings. The van der Waals surface area contributed by atoms with Gasteiger partial charge in [-0.2, -0.15) is 0 Å². The zero-order valence-electron chi connectivity index (χ0n) is 9.82. The molecule has 1 fully saturated rings. The highest BCUT2D eigenvalue weighted by molar-refractivity contribution is 7.14. The van der Waals surface area contributed by atoms with Crippen LogP contribution in [-0.2, 0) is 4.79 Å². The summed E-state index contributed by atoms with van der Waals surface area (Å²) in [4.78, 5) is 14.0. The van der Waals surface area contributed by atoms with Gasteiger partial charge in [-0.1, -0.05) is 6.42 Å². The Morgan fingerprint density at radius 2 is 2.38 bits per heavy atom. The van der Waals surface area contributed by atoms with Crippen LogP contribution in [-0.4, -0.2) is 25.5 Å². The Labute approximate surface area is 100 Å². The zero-order valence-corrected chi connectivity index (χ0v) is 10.6. The summed E-state index contributed by atoms with van der Waals surface area (Å²) in [7, 11) is 1.87. The minimum absolute atomic E-state index is 0.0141. The summed E-state index contributed by atoms with van der Waals surface area (Å²) >= 11 is 1.63. The third-order valence-electron chi connectivity index (χ3n) is 3.08. The van der Waals surface area contributed by atoms with E-state index in [1.807, 2.05) is 19.4 Å². The van der Waals surface area contributed by atoms with Crippen LogP contribution in [0.2, 0.25) is 0 Å². The lowest BCUT2D eigenvalue weighted by Gasteiger charge is -2.27. The number of anilines is 1. The molecule has 1 amide bonds. The number of rotatable bonds is 2. The van der Waals surface area contributed by atoms with Gasteiger partial charge in [0.2, 0.25) is 5.91 Å². The molecule has 0 saturated carbocycles. The second-order valence-corrected chi connectivity index (χ2v) is 5.20. The lowest BCUT2D eigenvalue weighted by Crippen LogP contribution is -2.47. The fourth-order valence-electron chi connectivity index (χ4n) is 2.10. The minimum atomic E-state index is 0.0141. The van der Waals surface area contributed by atoms with Gasteiger partial charge in [-0.05, 0) is 43.3 Å². The van der Waals surface area contributed by atoms with E-state index in [1.165, 1.54) is 12.0 Å². The monoisotopic (exact) mass is 238 g/mol. The standard InChI is InChI=1S/C12H18N2OS/c1-9-6-8-16-12(9)14(2)11(15)10-5-3-4-7-13-10/h6,8,10,13H,3-5,7H2,1-2H3. The molecule has 1 atom stereocenters. The molecular weight excluding hydrogens is 220 g/mol. The zero-order chi connectivity index (χ0) is 11.5. The predicted octanol–water partition coefficient (Wildman–Crippen LogP) is 2.16. The second kappa shape index (κ2) is 4.97. The SMILES string of the molecule is Cc1ccsc1N(C)C(=O)C1CCCCN1. The molecule has 2 rings (SSSR count). The van der Waals surface area contributed by atoms with E-state index in [4.69, 9.17) is 0 Å². The van der Waals surface area contributed by atoms with Crippen molar-refractivity contribution in [1.82, 2.24) is 5.32 Å². The molecule has 88 valence electrons. The van der Waals surface area contributed by atoms with E-state index in [1.54, 1.807) is 16.2 Å². The van der Waals surface area contributed by atoms with Gasteiger partial charge in [-0.25, -0.2) is 0 Å². The van der Waals surface area contributed by atoms with Crippen molar-refractivity contribution in [3.05, 3.63) is 17.0 Å². The van der Waals surface area contributed by atoms with E-state index in [9.17, 15) is 4.79 Å². The van der Waals surface area contributed by atoms with Gasteiger partial charge in [-0.15, -0.1) is 11.3 Å². The highest BCUT2D eigenvalue weighted by atomic mass is 32.1. The molecule has 1 unspecified atom stereocenters. The van der Waals surface area contributed by atoms with Crippen molar-refractivity contribution in [3.8, 4) is 0 Å². The van der Waals surface area contributed by atoms with E-state index in [-0.39, 0.29) is 11.9 Å². The molecule has 16 heavy (non-hydrogen) atoms. The van der Waals surface area contributed by atoms with Crippen LogP contribution in [0.25, 0.3) is 0 Å². The molecule has 0 spiro atoms. The summed E-state index contributed by atoms with van der Waals surface area (Å²) in [5.74, 6) is 0.199. The summed E-state index contributed by atoms with van der Waals surface area (Å²) in [6.45, 7) is 3.01. The summed E-state index contributed by atoms with van der Waals surface area (Å²) in [5.41, 5.74) is 1.18. The van der Waals surface area contributed by atoms with Crippen LogP contribution in [0.1, 0.15) is 24.8 Å². The number of piperidine rings is 1. The Hall–Kier alpha value is -0.870. The second-order valence-electron chi connectivity index (χ2n) is 4.31. The first-order valence-electron chi connectivity index (χ1n) is 5.75. The molecule has 1 aliphatic rings. The van der Waals surface area contributed by atoms with Gasteiger partial charge in [0.25, 0.3) is 0 Å². The van der Waals surface area contributed by atoms with Crippen LogP contribution in [0.5, 0.6) is 0 Å². The molecule has 4 heteroatoms. The number of aryl methyl sites for hydroxylation is 1. The molecule has 0 radical (unpaired) electrons. The quantitative estimate of drug-likeness (QED) is 0.856. The first-order chi connectivity index (χ1) is 7.70. The van der Waals surface area contributed by atoms with E-state index < -0.39 is 0 Å². The van der Waals surface area contributed by atoms with E-state index in [2.05, 4.69) is 11.4 Å². The van der Waals surface area contributed by atoms with Crippen LogP contribution in [0.15, 0.2) is 11.4 Å². The third-order valence-corrected chi connectivity index (χ3v) is 4.17. The van der Waals surface area contributed by atoms with Gasteiger partial charge in [0.1, 0.15) is 5.00 Å². The molecule has 1 N–H and O–H groups in total. The number of nitrogens with one attached hydrogen (secondary N) is 1. The van der Waals surface area contributed by atoms with Gasteiger partial charge in [-0.3, -0.25) is 4.79 Å². The smallest absolute Gasteiger partial charge is 0.244 e. The molecule has 0 aromatic carbocycles. The van der Waals surface area contributed by atoms with Crippen LogP contribution in [0.3, 0.4) is 0 Å². The molecule has 1 aromatic heterocycles. The molecule has 1 aliphatic heterocycles. The number of nitrogens with zero attached hydrogens (tertiary/aromatic N) is 1. The summed E-state index contributed by atoms with van der Waals surface area (Å²) in [6, 6.07) is 2.07. The molecule has 3 nitrogen and oxygen atoms in total. The number of thiophene rings is 1. The first-order valence-corrected chi connectivity index (χ1v) is 6.63. The van der Waals surface area contributed by atoms with E-state index in [0.29, 0.717) is 0 Å². The first kappa shape index (κ1) is 11.6. The average molecular weight is 238 g/mol. The Morgan fingerprint density at radius 1 is 1.56 bits per heavy atom. The lowest BCUT2D eigenvalue weighted by atomic mass is 10.0. The van der Waals surface area contributed by atoms with Crippen molar-refractivity contribution >= 4 is 22.2 Å². The fraction of sp³-hybridized carbons (Fsp3) is 0.583. The van der Waals surface area contributed by atoms with Gasteiger partial charge >= 0.3 is 0 Å². The number of likely N-dealkylation sites (N-methyl/N-ethyl adjacent to an activating group) is 1. The van der Waals surface area contributed by atoms with Crippen molar-refractivity contribution in [1.29, 1.82) is 0 Å². The largest absolute Gasteiger partial charge is 0.306 e. The summed E-state index contributed by atoms with van der Waals surface area (Å²) in [6.07, 6.45) is 3.31. The summed E-state index contributed by atoms with van der Waals surface area (Å²) < 4.78 is 0. The predicted molar refractivity (Wildman–Crippen MR) is 68.1 cm³/mol. The van der Waals surface area contributed by atoms with Crippen LogP contribution in [0, 0.1) is 6.92 Å². The molecule has 0 aliphatic carbocycles. The highest BCUT2D eigenvalue weighted by Gasteiger charge is 2.25. The highest BCUT2D eigenvalue weighted by Crippen LogP contribution is 2.26. The number of carbonyl (C=O) groups excluding carboxylic acids is 1. The van der Waals surface area contributed by atoms with E-state index in [0.717, 1.165) is 24.4 Å². The topological polar surface area (TPSA) is 32.3 Å². The van der Waals surface area contributed by atoms with E-state index >= 15 is 0 Å². The maximum atomic E-state index is 12.2. The minimum Gasteiger partial charge on any atom is -0.306 e. The number of hydrogen-bond donors (Lipinski definition) is 1. The number of hydrogen-bond acceptors (Lipinski definition) is 3. The third kappa shape index (κ3) is 2.28. The Bertz CT molecular complexity index is 369. The van der Waals surface area contributed by atoms with Crippen molar-refractivity contribution in [2.75, 3.05) is 18.5 Å². The van der Waals surface area contributed by atoms with Gasteiger partial charge in [0.15, 0.2) is 0 Å². The Balaban J connectivity index is 2.06. The van der Waals surface area contributed by atoms with Crippen molar-refractivity contribution in [2.45, 2.75) is 32.2 Å². The van der Waals surface area contributed by atoms with Crippen LogP contribution >= 0.6 is 11.3 Å². The van der Waals surface area contributed by atoms with Crippen molar-refractivity contribution in [2.24, 2.45) is 0 Å². The van der Waals surface area contributed by atoms with Crippen LogP contribution in [0.4, 0.5) is 5.00 Å². The van der Waals surface area contributed by atoms with Crippen molar-refractivity contribution < 1.29 is 4.79 Å². The lowest BCUT2D eigenvalue weighted by molar-refractivity contribution is -0.120. The summed E-state index contributed by atoms with van der Waals surface area (Å²) in [5, 5.41) is 6.39. The molecular formula is C12H18N2OS. The maximum absolute atomic E-state index is 12.2. The van der Waals surface area contributed by atoms with Gasteiger partial charge in [0, 0.05) is 7.05 Å². The van der Waals surface area contributed by atoms with Gasteiger partial charge in [0.05, 0.1) is 6.04 Å². The number of amides is 1. The van der Waals surface area contributed by atoms with Gasteiger partial charge < -0.3 is 10.2 Å². The maximum Gasteiger partial charge on any atom is 0.244 e. The van der Waals surface area contributed by atoms with Crippen molar-refractivity contribution in [3.63, 3.8) is 0 Å². The average Bonchev–Trinajstić information content (AvgIpc) is 2.75.